The monoisotopic (exact) mass is 258 g/mol. The zero-order chi connectivity index (χ0) is 13.7. The lowest BCUT2D eigenvalue weighted by molar-refractivity contribution is -0.145. The van der Waals surface area contributed by atoms with Gasteiger partial charge in [0.15, 0.2) is 0 Å². The lowest BCUT2D eigenvalue weighted by Gasteiger charge is -2.36. The Morgan fingerprint density at radius 3 is 2.28 bits per heavy atom. The van der Waals surface area contributed by atoms with E-state index in [4.69, 9.17) is 9.84 Å². The third-order valence-electron chi connectivity index (χ3n) is 2.94. The molecule has 1 heterocycles. The molecule has 0 saturated carbocycles. The summed E-state index contributed by atoms with van der Waals surface area (Å²) in [6.07, 6.45) is 0.0690. The Morgan fingerprint density at radius 1 is 1.28 bits per heavy atom. The van der Waals surface area contributed by atoms with Crippen LogP contribution >= 0.6 is 0 Å². The molecule has 0 radical (unpaired) electrons. The number of carboxylic acid groups (broad SMARTS) is 1. The van der Waals surface area contributed by atoms with Gasteiger partial charge in [0.1, 0.15) is 0 Å². The van der Waals surface area contributed by atoms with Crippen LogP contribution in [0.15, 0.2) is 0 Å². The third-order valence-corrected chi connectivity index (χ3v) is 2.94. The van der Waals surface area contributed by atoms with Crippen molar-refractivity contribution in [1.82, 2.24) is 9.80 Å². The molecule has 2 atom stereocenters. The maximum Gasteiger partial charge on any atom is 0.317 e. The second kappa shape index (κ2) is 6.70. The fourth-order valence-electron chi connectivity index (χ4n) is 2.14. The number of hydrogen-bond donors (Lipinski definition) is 1. The van der Waals surface area contributed by atoms with E-state index in [1.807, 2.05) is 20.8 Å². The van der Waals surface area contributed by atoms with Gasteiger partial charge in [0.05, 0.1) is 25.3 Å². The lowest BCUT2D eigenvalue weighted by Crippen LogP contribution is -2.51. The van der Waals surface area contributed by atoms with Gasteiger partial charge >= 0.3 is 5.97 Å². The van der Waals surface area contributed by atoms with E-state index >= 15 is 0 Å². The first-order valence-corrected chi connectivity index (χ1v) is 6.29. The van der Waals surface area contributed by atoms with E-state index in [2.05, 4.69) is 0 Å². The summed E-state index contributed by atoms with van der Waals surface area (Å²) in [5.74, 6) is -0.937. The molecular weight excluding hydrogens is 236 g/mol. The molecule has 1 aliphatic rings. The van der Waals surface area contributed by atoms with Crippen molar-refractivity contribution in [3.63, 3.8) is 0 Å². The standard InChI is InChI=1S/C12H22N2O4/c1-4-13(8-12(16)17)7-11(15)14-5-9(2)18-10(3)6-14/h9-10H,4-8H2,1-3H3,(H,16,17). The van der Waals surface area contributed by atoms with Crippen LogP contribution in [0.25, 0.3) is 0 Å². The number of carboxylic acids is 1. The van der Waals surface area contributed by atoms with Crippen molar-refractivity contribution in [3.8, 4) is 0 Å². The van der Waals surface area contributed by atoms with Crippen LogP contribution in [-0.2, 0) is 14.3 Å². The summed E-state index contributed by atoms with van der Waals surface area (Å²) in [7, 11) is 0. The van der Waals surface area contributed by atoms with Gasteiger partial charge in [-0.15, -0.1) is 0 Å². The van der Waals surface area contributed by atoms with Crippen LogP contribution in [-0.4, -0.2) is 71.7 Å². The average molecular weight is 258 g/mol. The third kappa shape index (κ3) is 4.62. The summed E-state index contributed by atoms with van der Waals surface area (Å²) in [6.45, 7) is 7.48. The average Bonchev–Trinajstić information content (AvgIpc) is 2.26. The number of carbonyl (C=O) groups excluding carboxylic acids is 1. The highest BCUT2D eigenvalue weighted by Gasteiger charge is 2.26. The molecule has 1 fully saturated rings. The van der Waals surface area contributed by atoms with Crippen molar-refractivity contribution in [2.45, 2.75) is 33.0 Å². The van der Waals surface area contributed by atoms with E-state index in [0.717, 1.165) is 0 Å². The summed E-state index contributed by atoms with van der Waals surface area (Å²) in [6, 6.07) is 0. The number of hydrogen-bond acceptors (Lipinski definition) is 4. The number of ether oxygens (including phenoxy) is 1. The van der Waals surface area contributed by atoms with Crippen LogP contribution in [0.5, 0.6) is 0 Å². The lowest BCUT2D eigenvalue weighted by atomic mass is 10.2. The van der Waals surface area contributed by atoms with Crippen molar-refractivity contribution >= 4 is 11.9 Å². The summed E-state index contributed by atoms with van der Waals surface area (Å²) in [4.78, 5) is 26.1. The van der Waals surface area contributed by atoms with Gasteiger partial charge in [-0.1, -0.05) is 6.92 Å². The molecule has 1 saturated heterocycles. The summed E-state index contributed by atoms with van der Waals surface area (Å²) >= 11 is 0. The van der Waals surface area contributed by atoms with Crippen LogP contribution in [0.1, 0.15) is 20.8 Å². The van der Waals surface area contributed by atoms with Gasteiger partial charge in [-0.3, -0.25) is 14.5 Å². The predicted molar refractivity (Wildman–Crippen MR) is 66.3 cm³/mol. The predicted octanol–water partition coefficient (Wildman–Crippen LogP) is 0.0287. The quantitative estimate of drug-likeness (QED) is 0.753. The zero-order valence-electron chi connectivity index (χ0n) is 11.3. The molecule has 104 valence electrons. The first kappa shape index (κ1) is 14.9. The molecule has 1 N–H and O–H groups in total. The van der Waals surface area contributed by atoms with Crippen LogP contribution in [0.4, 0.5) is 0 Å². The topological polar surface area (TPSA) is 70.1 Å². The van der Waals surface area contributed by atoms with Crippen molar-refractivity contribution in [3.05, 3.63) is 0 Å². The van der Waals surface area contributed by atoms with Crippen LogP contribution in [0, 0.1) is 0 Å². The Labute approximate surface area is 107 Å². The second-order valence-corrected chi connectivity index (χ2v) is 4.75. The molecule has 1 amide bonds. The minimum atomic E-state index is -0.909. The van der Waals surface area contributed by atoms with Gasteiger partial charge in [0, 0.05) is 13.1 Å². The maximum absolute atomic E-state index is 12.1. The highest BCUT2D eigenvalue weighted by atomic mass is 16.5. The molecule has 2 unspecified atom stereocenters. The van der Waals surface area contributed by atoms with Crippen LogP contribution in [0.3, 0.4) is 0 Å². The molecule has 0 spiro atoms. The Kier molecular flexibility index (Phi) is 5.55. The van der Waals surface area contributed by atoms with E-state index in [9.17, 15) is 9.59 Å². The SMILES string of the molecule is CCN(CC(=O)O)CC(=O)N1CC(C)OC(C)C1. The highest BCUT2D eigenvalue weighted by molar-refractivity contribution is 5.79. The van der Waals surface area contributed by atoms with Crippen LogP contribution in [0.2, 0.25) is 0 Å². The van der Waals surface area contributed by atoms with Crippen LogP contribution < -0.4 is 0 Å². The largest absolute Gasteiger partial charge is 0.480 e. The van der Waals surface area contributed by atoms with E-state index in [0.29, 0.717) is 19.6 Å². The Balaban J connectivity index is 2.50. The van der Waals surface area contributed by atoms with E-state index < -0.39 is 5.97 Å². The molecule has 18 heavy (non-hydrogen) atoms. The van der Waals surface area contributed by atoms with Crippen molar-refractivity contribution < 1.29 is 19.4 Å². The number of amides is 1. The molecular formula is C12H22N2O4. The Bertz CT molecular complexity index is 298. The van der Waals surface area contributed by atoms with Gasteiger partial charge < -0.3 is 14.7 Å². The minimum Gasteiger partial charge on any atom is -0.480 e. The van der Waals surface area contributed by atoms with E-state index in [1.54, 1.807) is 9.80 Å². The molecule has 1 rings (SSSR count). The normalized spacial score (nSPS) is 24.3. The molecule has 0 aromatic heterocycles. The first-order valence-electron chi connectivity index (χ1n) is 6.29. The molecule has 0 aromatic rings. The molecule has 0 aliphatic carbocycles. The van der Waals surface area contributed by atoms with E-state index in [1.165, 1.54) is 0 Å². The highest BCUT2D eigenvalue weighted by Crippen LogP contribution is 2.11. The second-order valence-electron chi connectivity index (χ2n) is 4.75. The summed E-state index contributed by atoms with van der Waals surface area (Å²) in [5, 5.41) is 8.74. The van der Waals surface area contributed by atoms with Crippen molar-refractivity contribution in [1.29, 1.82) is 0 Å². The molecule has 1 aliphatic heterocycles. The smallest absolute Gasteiger partial charge is 0.317 e. The molecule has 0 bridgehead atoms. The number of carbonyl (C=O) groups is 2. The maximum atomic E-state index is 12.1. The van der Waals surface area contributed by atoms with Gasteiger partial charge in [-0.2, -0.15) is 0 Å². The first-order chi connectivity index (χ1) is 8.42. The number of likely N-dealkylation sites (N-methyl/N-ethyl adjacent to an activating group) is 1. The van der Waals surface area contributed by atoms with Crippen molar-refractivity contribution in [2.24, 2.45) is 0 Å². The Morgan fingerprint density at radius 2 is 1.83 bits per heavy atom. The van der Waals surface area contributed by atoms with Crippen molar-refractivity contribution in [2.75, 3.05) is 32.7 Å². The molecule has 6 heteroatoms. The number of aliphatic carboxylic acids is 1. The van der Waals surface area contributed by atoms with E-state index in [-0.39, 0.29) is 31.2 Å². The minimum absolute atomic E-state index is 0.0277. The fraction of sp³-hybridized carbons (Fsp3) is 0.833. The number of nitrogens with zero attached hydrogens (tertiary/aromatic N) is 2. The summed E-state index contributed by atoms with van der Waals surface area (Å²) in [5.41, 5.74) is 0. The molecule has 0 aromatic carbocycles. The number of rotatable bonds is 5. The Hall–Kier alpha value is -1.14. The fourth-order valence-corrected chi connectivity index (χ4v) is 2.14. The van der Waals surface area contributed by atoms with Gasteiger partial charge in [0.2, 0.25) is 5.91 Å². The van der Waals surface area contributed by atoms with Gasteiger partial charge in [-0.25, -0.2) is 0 Å². The number of morpholine rings is 1. The molecule has 6 nitrogen and oxygen atoms in total. The van der Waals surface area contributed by atoms with Gasteiger partial charge in [-0.05, 0) is 20.4 Å². The zero-order valence-corrected chi connectivity index (χ0v) is 11.3. The van der Waals surface area contributed by atoms with Gasteiger partial charge in [0.25, 0.3) is 0 Å². The summed E-state index contributed by atoms with van der Waals surface area (Å²) < 4.78 is 5.56.